The zero-order valence-electron chi connectivity index (χ0n) is 21.4. The zero-order chi connectivity index (χ0) is 25.8. The second-order valence-electron chi connectivity index (χ2n) is 10.2. The molecule has 0 bridgehead atoms. The molecule has 0 unspecified atom stereocenters. The van der Waals surface area contributed by atoms with Crippen LogP contribution in [0.3, 0.4) is 0 Å². The Hall–Kier alpha value is -5.02. The second kappa shape index (κ2) is 8.78. The smallest absolute Gasteiger partial charge is 0.246 e. The van der Waals surface area contributed by atoms with E-state index in [1.54, 1.807) is 0 Å². The van der Waals surface area contributed by atoms with Gasteiger partial charge in [0.05, 0.1) is 16.7 Å². The summed E-state index contributed by atoms with van der Waals surface area (Å²) in [4.78, 5) is 2.45. The van der Waals surface area contributed by atoms with E-state index in [4.69, 9.17) is 0 Å². The van der Waals surface area contributed by atoms with Crippen LogP contribution in [0.4, 0.5) is 17.1 Å². The quantitative estimate of drug-likeness (QED) is 0.232. The highest BCUT2D eigenvalue weighted by Gasteiger charge is 2.32. The number of nitrogens with zero attached hydrogens (tertiary/aromatic N) is 2. The minimum Gasteiger partial charge on any atom is -0.309 e. The van der Waals surface area contributed by atoms with Crippen molar-refractivity contribution >= 4 is 62.0 Å². The van der Waals surface area contributed by atoms with Gasteiger partial charge in [0, 0.05) is 27.8 Å². The summed E-state index contributed by atoms with van der Waals surface area (Å²) in [5.41, 5.74) is 11.0. The Bertz CT molecular complexity index is 1970. The van der Waals surface area contributed by atoms with Crippen molar-refractivity contribution in [1.82, 2.24) is 4.57 Å². The van der Waals surface area contributed by atoms with Gasteiger partial charge in [-0.2, -0.15) is 0 Å². The summed E-state index contributed by atoms with van der Waals surface area (Å²) in [6, 6.07) is 55.1. The third kappa shape index (κ3) is 3.30. The molecule has 0 radical (unpaired) electrons. The summed E-state index contributed by atoms with van der Waals surface area (Å²) in [6.45, 7) is 0.0512. The predicted molar refractivity (Wildman–Crippen MR) is 167 cm³/mol. The largest absolute Gasteiger partial charge is 0.309 e. The molecule has 1 aromatic heterocycles. The molecule has 0 saturated heterocycles. The minimum atomic E-state index is 0.0512. The lowest BCUT2D eigenvalue weighted by molar-refractivity contribution is 1.18. The zero-order valence-corrected chi connectivity index (χ0v) is 21.4. The number of hydrogen-bond acceptors (Lipinski definition) is 1. The van der Waals surface area contributed by atoms with E-state index in [2.05, 4.69) is 161 Å². The van der Waals surface area contributed by atoms with Gasteiger partial charge in [0.15, 0.2) is 0 Å². The van der Waals surface area contributed by atoms with Crippen LogP contribution in [0.5, 0.6) is 0 Å². The number of aromatic nitrogens is 1. The molecular formula is C36H25BN2. The van der Waals surface area contributed by atoms with Gasteiger partial charge in [0.25, 0.3) is 0 Å². The fourth-order valence-corrected chi connectivity index (χ4v) is 6.46. The Morgan fingerprint density at radius 2 is 0.974 bits per heavy atom. The van der Waals surface area contributed by atoms with Gasteiger partial charge < -0.3 is 9.47 Å². The normalized spacial score (nSPS) is 12.5. The third-order valence-corrected chi connectivity index (χ3v) is 8.04. The van der Waals surface area contributed by atoms with E-state index >= 15 is 0 Å². The van der Waals surface area contributed by atoms with Crippen molar-refractivity contribution in [3.05, 3.63) is 152 Å². The molecule has 2 nitrogen and oxygen atoms in total. The summed E-state index contributed by atoms with van der Waals surface area (Å²) in [6.07, 6.45) is 0. The van der Waals surface area contributed by atoms with Crippen LogP contribution in [0.25, 0.3) is 27.5 Å². The first-order valence-corrected chi connectivity index (χ1v) is 13.5. The summed E-state index contributed by atoms with van der Waals surface area (Å²) in [5, 5.41) is 2.52. The summed E-state index contributed by atoms with van der Waals surface area (Å²) in [5.74, 6) is 0. The van der Waals surface area contributed by atoms with E-state index < -0.39 is 0 Å². The summed E-state index contributed by atoms with van der Waals surface area (Å²) in [7, 11) is 0. The summed E-state index contributed by atoms with van der Waals surface area (Å²) < 4.78 is 2.49. The van der Waals surface area contributed by atoms with Gasteiger partial charge >= 0.3 is 0 Å². The van der Waals surface area contributed by atoms with Gasteiger partial charge in [-0.05, 0) is 47.3 Å². The van der Waals surface area contributed by atoms with Crippen LogP contribution in [0.1, 0.15) is 0 Å². The number of fused-ring (bicyclic) bond motifs is 6. The average Bonchev–Trinajstić information content (AvgIpc) is 3.36. The molecule has 0 spiro atoms. The van der Waals surface area contributed by atoms with Crippen LogP contribution >= 0.6 is 0 Å². The minimum absolute atomic E-state index is 0.0512. The van der Waals surface area contributed by atoms with Crippen molar-refractivity contribution in [3.63, 3.8) is 0 Å². The number of rotatable bonds is 2. The van der Waals surface area contributed by atoms with Crippen molar-refractivity contribution in [2.45, 2.75) is 0 Å². The van der Waals surface area contributed by atoms with Gasteiger partial charge in [0.1, 0.15) is 0 Å². The molecule has 0 amide bonds. The summed E-state index contributed by atoms with van der Waals surface area (Å²) >= 11 is 0. The lowest BCUT2D eigenvalue weighted by Gasteiger charge is -2.29. The first-order valence-electron chi connectivity index (χ1n) is 13.5. The van der Waals surface area contributed by atoms with Crippen LogP contribution in [-0.4, -0.2) is 11.3 Å². The van der Waals surface area contributed by atoms with E-state index in [0.29, 0.717) is 0 Å². The van der Waals surface area contributed by atoms with E-state index in [1.165, 1.54) is 55.3 Å². The average molecular weight is 496 g/mol. The molecule has 2 heterocycles. The fraction of sp³-hybridized carbons (Fsp3) is 0. The molecule has 1 aliphatic heterocycles. The van der Waals surface area contributed by atoms with Crippen LogP contribution in [0.15, 0.2) is 152 Å². The molecule has 0 saturated carbocycles. The molecule has 182 valence electrons. The first kappa shape index (κ1) is 22.0. The Morgan fingerprint density at radius 3 is 1.77 bits per heavy atom. The fourth-order valence-electron chi connectivity index (χ4n) is 6.46. The van der Waals surface area contributed by atoms with E-state index in [-0.39, 0.29) is 6.71 Å². The lowest BCUT2D eigenvalue weighted by Crippen LogP contribution is -2.53. The number of benzene rings is 6. The Labute approximate surface area is 228 Å². The SMILES string of the molecule is c1ccc(B2c3ccccc3N(c3ccccc3)c3cccc4c5ccccc5n(c34)-c3ccccc32)cc1. The molecule has 7 aromatic rings. The Kier molecular flexibility index (Phi) is 4.96. The standard InChI is InChI=1S/C36H25BN2/c1-3-14-26(15-4-1)37-30-20-8-11-23-33(30)38(27-16-5-2-6-17-27)35-25-13-19-29-28-18-7-10-22-32(28)39(36(29)35)34-24-12-9-21-31(34)37/h1-25H. The van der Waals surface area contributed by atoms with Gasteiger partial charge in [-0.25, -0.2) is 0 Å². The van der Waals surface area contributed by atoms with Gasteiger partial charge in [0.2, 0.25) is 6.71 Å². The van der Waals surface area contributed by atoms with Crippen LogP contribution in [0.2, 0.25) is 0 Å². The van der Waals surface area contributed by atoms with Gasteiger partial charge in [-0.3, -0.25) is 0 Å². The number of anilines is 3. The third-order valence-electron chi connectivity index (χ3n) is 8.04. The van der Waals surface area contributed by atoms with Crippen molar-refractivity contribution in [3.8, 4) is 5.69 Å². The highest BCUT2D eigenvalue weighted by Crippen LogP contribution is 2.43. The predicted octanol–water partition coefficient (Wildman–Crippen LogP) is 7.08. The molecule has 0 atom stereocenters. The molecule has 8 rings (SSSR count). The topological polar surface area (TPSA) is 8.17 Å². The monoisotopic (exact) mass is 496 g/mol. The molecule has 0 aliphatic carbocycles. The molecule has 3 heteroatoms. The Morgan fingerprint density at radius 1 is 0.410 bits per heavy atom. The highest BCUT2D eigenvalue weighted by molar-refractivity contribution is 6.97. The van der Waals surface area contributed by atoms with E-state index in [1.807, 2.05) is 0 Å². The first-order chi connectivity index (χ1) is 19.4. The van der Waals surface area contributed by atoms with Crippen molar-refractivity contribution in [2.24, 2.45) is 0 Å². The molecule has 0 N–H and O–H groups in total. The maximum atomic E-state index is 2.49. The van der Waals surface area contributed by atoms with Crippen molar-refractivity contribution < 1.29 is 0 Å². The van der Waals surface area contributed by atoms with E-state index in [0.717, 1.165) is 5.69 Å². The van der Waals surface area contributed by atoms with E-state index in [9.17, 15) is 0 Å². The van der Waals surface area contributed by atoms with Crippen LogP contribution < -0.4 is 21.3 Å². The highest BCUT2D eigenvalue weighted by atomic mass is 15.2. The van der Waals surface area contributed by atoms with Crippen LogP contribution in [0, 0.1) is 0 Å². The van der Waals surface area contributed by atoms with Gasteiger partial charge in [-0.15, -0.1) is 0 Å². The maximum Gasteiger partial charge on any atom is 0.246 e. The van der Waals surface area contributed by atoms with Crippen molar-refractivity contribution in [2.75, 3.05) is 4.90 Å². The molecule has 6 aromatic carbocycles. The maximum absolute atomic E-state index is 2.49. The number of para-hydroxylation sites is 5. The van der Waals surface area contributed by atoms with Crippen LogP contribution in [-0.2, 0) is 0 Å². The van der Waals surface area contributed by atoms with Crippen molar-refractivity contribution in [1.29, 1.82) is 0 Å². The lowest BCUT2D eigenvalue weighted by atomic mass is 9.36. The molecule has 39 heavy (non-hydrogen) atoms. The molecule has 0 fully saturated rings. The molecule has 1 aliphatic rings. The number of hydrogen-bond donors (Lipinski definition) is 0. The Balaban J connectivity index is 1.62. The second-order valence-corrected chi connectivity index (χ2v) is 10.2. The molecular weight excluding hydrogens is 471 g/mol. The van der Waals surface area contributed by atoms with Gasteiger partial charge in [-0.1, -0.05) is 121 Å².